The van der Waals surface area contributed by atoms with Gasteiger partial charge in [-0.3, -0.25) is 4.79 Å². The van der Waals surface area contributed by atoms with E-state index in [1.165, 1.54) is 24.8 Å². The molecule has 0 aromatic carbocycles. The summed E-state index contributed by atoms with van der Waals surface area (Å²) < 4.78 is 26.1. The molecule has 0 saturated heterocycles. The van der Waals surface area contributed by atoms with Crippen LogP contribution < -0.4 is 15.8 Å². The molecule has 1 aromatic rings. The van der Waals surface area contributed by atoms with Crippen molar-refractivity contribution in [2.75, 3.05) is 7.05 Å². The van der Waals surface area contributed by atoms with Crippen LogP contribution >= 0.6 is 11.3 Å². The van der Waals surface area contributed by atoms with Crippen LogP contribution in [0.25, 0.3) is 0 Å². The van der Waals surface area contributed by atoms with E-state index in [2.05, 4.69) is 10.0 Å². The van der Waals surface area contributed by atoms with Crippen LogP contribution in [0.4, 0.5) is 0 Å². The summed E-state index contributed by atoms with van der Waals surface area (Å²) in [7, 11) is -2.02. The predicted octanol–water partition coefficient (Wildman–Crippen LogP) is 1.43. The average molecular weight is 372 g/mol. The van der Waals surface area contributed by atoms with Gasteiger partial charge in [-0.1, -0.05) is 6.42 Å². The Kier molecular flexibility index (Phi) is 5.29. The number of hydrogen-bond acceptors (Lipinski definition) is 5. The highest BCUT2D eigenvalue weighted by atomic mass is 32.2. The van der Waals surface area contributed by atoms with Gasteiger partial charge in [-0.05, 0) is 56.7 Å². The molecule has 0 spiro atoms. The number of hydrogen-bond donors (Lipinski definition) is 3. The molecule has 2 fully saturated rings. The Hall–Kier alpha value is -0.960. The first-order valence-corrected chi connectivity index (χ1v) is 10.8. The summed E-state index contributed by atoms with van der Waals surface area (Å²) >= 11 is 1.19. The average Bonchev–Trinajstić information content (AvgIpc) is 3.02. The monoisotopic (exact) mass is 371 g/mol. The minimum absolute atomic E-state index is 0.0422. The Morgan fingerprint density at radius 2 is 1.96 bits per heavy atom. The van der Waals surface area contributed by atoms with Crippen molar-refractivity contribution in [3.05, 3.63) is 17.0 Å². The van der Waals surface area contributed by atoms with Crippen LogP contribution in [0.5, 0.6) is 0 Å². The van der Waals surface area contributed by atoms with Crippen LogP contribution in [0.3, 0.4) is 0 Å². The van der Waals surface area contributed by atoms with Crippen molar-refractivity contribution < 1.29 is 13.2 Å². The van der Waals surface area contributed by atoms with Crippen LogP contribution in [0.2, 0.25) is 0 Å². The van der Waals surface area contributed by atoms with Crippen molar-refractivity contribution in [1.82, 2.24) is 10.0 Å². The zero-order valence-electron chi connectivity index (χ0n) is 13.8. The van der Waals surface area contributed by atoms with Gasteiger partial charge in [-0.2, -0.15) is 0 Å². The van der Waals surface area contributed by atoms with E-state index in [1.54, 1.807) is 12.1 Å². The molecule has 8 heteroatoms. The normalized spacial score (nSPS) is 30.1. The summed E-state index contributed by atoms with van der Waals surface area (Å²) in [5, 5.41) is 2.97. The number of nitrogens with one attached hydrogen (secondary N) is 2. The molecule has 2 bridgehead atoms. The van der Waals surface area contributed by atoms with Crippen molar-refractivity contribution in [1.29, 1.82) is 0 Å². The van der Waals surface area contributed by atoms with Gasteiger partial charge in [0.25, 0.3) is 0 Å². The molecule has 2 aliphatic rings. The van der Waals surface area contributed by atoms with Gasteiger partial charge < -0.3 is 11.1 Å². The third-order valence-electron chi connectivity index (χ3n) is 5.39. The number of rotatable bonds is 5. The van der Waals surface area contributed by atoms with Crippen LogP contribution in [0.1, 0.15) is 37.0 Å². The summed E-state index contributed by atoms with van der Waals surface area (Å²) in [5.41, 5.74) is 6.28. The molecule has 0 radical (unpaired) electrons. The van der Waals surface area contributed by atoms with Gasteiger partial charge in [-0.25, -0.2) is 13.1 Å². The van der Waals surface area contributed by atoms with E-state index in [1.807, 2.05) is 0 Å². The van der Waals surface area contributed by atoms with Crippen molar-refractivity contribution >= 4 is 27.3 Å². The fraction of sp³-hybridized carbons (Fsp3) is 0.688. The highest BCUT2D eigenvalue weighted by Gasteiger charge is 2.40. The second kappa shape index (κ2) is 7.11. The summed E-state index contributed by atoms with van der Waals surface area (Å²) in [4.78, 5) is 13.3. The van der Waals surface area contributed by atoms with E-state index in [9.17, 15) is 13.2 Å². The minimum Gasteiger partial charge on any atom is -0.351 e. The van der Waals surface area contributed by atoms with Crippen LogP contribution in [0.15, 0.2) is 16.3 Å². The van der Waals surface area contributed by atoms with Crippen LogP contribution in [-0.2, 0) is 21.4 Å². The fourth-order valence-electron chi connectivity index (χ4n) is 4.02. The first kappa shape index (κ1) is 17.8. The zero-order valence-corrected chi connectivity index (χ0v) is 15.5. The zero-order chi connectivity index (χ0) is 17.3. The van der Waals surface area contributed by atoms with Gasteiger partial charge in [-0.15, -0.1) is 11.3 Å². The molecule has 6 nitrogen and oxygen atoms in total. The molecular weight excluding hydrogens is 346 g/mol. The lowest BCUT2D eigenvalue weighted by Gasteiger charge is -2.43. The van der Waals surface area contributed by atoms with E-state index < -0.39 is 10.0 Å². The van der Waals surface area contributed by atoms with Gasteiger partial charge in [0.05, 0.1) is 6.54 Å². The van der Waals surface area contributed by atoms with Gasteiger partial charge >= 0.3 is 0 Å². The lowest BCUT2D eigenvalue weighted by Crippen LogP contribution is -2.49. The molecule has 4 N–H and O–H groups in total. The number of carbonyl (C=O) groups is 1. The van der Waals surface area contributed by atoms with Crippen LogP contribution in [0, 0.1) is 17.8 Å². The first-order valence-electron chi connectivity index (χ1n) is 8.46. The first-order chi connectivity index (χ1) is 11.4. The molecule has 1 amide bonds. The largest absolute Gasteiger partial charge is 0.351 e. The second-order valence-corrected chi connectivity index (χ2v) is 10.1. The molecule has 2 unspecified atom stereocenters. The Labute approximate surface area is 147 Å². The predicted molar refractivity (Wildman–Crippen MR) is 93.9 cm³/mol. The lowest BCUT2D eigenvalue weighted by atomic mass is 9.65. The summed E-state index contributed by atoms with van der Waals surface area (Å²) in [6, 6.07) is 3.58. The molecule has 2 atom stereocenters. The van der Waals surface area contributed by atoms with Gasteiger partial charge in [0.1, 0.15) is 4.21 Å². The molecule has 1 aromatic heterocycles. The molecule has 0 aliphatic heterocycles. The summed E-state index contributed by atoms with van der Waals surface area (Å²) in [6.45, 7) is 0.376. The van der Waals surface area contributed by atoms with Crippen molar-refractivity contribution in [3.63, 3.8) is 0 Å². The fourth-order valence-corrected chi connectivity index (χ4v) is 6.15. The number of amides is 1. The van der Waals surface area contributed by atoms with E-state index in [0.29, 0.717) is 18.4 Å². The molecule has 2 saturated carbocycles. The Morgan fingerprint density at radius 1 is 1.29 bits per heavy atom. The number of sulfonamides is 1. The molecule has 1 heterocycles. The van der Waals surface area contributed by atoms with Crippen molar-refractivity contribution in [2.45, 2.75) is 48.9 Å². The lowest BCUT2D eigenvalue weighted by molar-refractivity contribution is -0.128. The molecule has 3 rings (SSSR count). The summed E-state index contributed by atoms with van der Waals surface area (Å²) in [6.07, 6.45) is 5.27. The Balaban J connectivity index is 1.56. The maximum absolute atomic E-state index is 12.5. The third kappa shape index (κ3) is 3.66. The molecule has 2 aliphatic carbocycles. The quantitative estimate of drug-likeness (QED) is 0.729. The maximum atomic E-state index is 12.5. The van der Waals surface area contributed by atoms with Crippen molar-refractivity contribution in [2.24, 2.45) is 23.5 Å². The van der Waals surface area contributed by atoms with Gasteiger partial charge in [0.15, 0.2) is 0 Å². The van der Waals surface area contributed by atoms with E-state index >= 15 is 0 Å². The van der Waals surface area contributed by atoms with E-state index in [4.69, 9.17) is 5.73 Å². The second-order valence-electron chi connectivity index (χ2n) is 6.84. The number of thiophene rings is 1. The van der Waals surface area contributed by atoms with Crippen LogP contribution in [-0.4, -0.2) is 27.4 Å². The highest BCUT2D eigenvalue weighted by molar-refractivity contribution is 7.91. The smallest absolute Gasteiger partial charge is 0.249 e. The Bertz CT molecular complexity index is 687. The number of nitrogens with two attached hydrogens (primary N) is 1. The van der Waals surface area contributed by atoms with E-state index in [-0.39, 0.29) is 22.1 Å². The number of carbonyl (C=O) groups excluding carboxylic acids is 1. The number of fused-ring (bicyclic) bond motifs is 2. The standard InChI is InChI=1S/C16H25N3O3S2/c1-18-24(21,22)14-6-5-13(23-14)9-19-16(20)12-7-10-3-2-4-11(8-12)15(10)17/h5-6,10-12,15,18H,2-4,7-9,17H2,1H3,(H,19,20). The Morgan fingerprint density at radius 3 is 2.58 bits per heavy atom. The van der Waals surface area contributed by atoms with Gasteiger partial charge in [0, 0.05) is 16.8 Å². The summed E-state index contributed by atoms with van der Waals surface area (Å²) in [5.74, 6) is 1.07. The third-order valence-corrected chi connectivity index (χ3v) is 8.38. The van der Waals surface area contributed by atoms with E-state index in [0.717, 1.165) is 30.6 Å². The molecule has 24 heavy (non-hydrogen) atoms. The highest BCUT2D eigenvalue weighted by Crippen LogP contribution is 2.41. The molecular formula is C16H25N3O3S2. The minimum atomic E-state index is -3.41. The SMILES string of the molecule is CNS(=O)(=O)c1ccc(CNC(=O)C2CC3CCCC(C2)C3N)s1. The molecule has 134 valence electrons. The topological polar surface area (TPSA) is 101 Å². The maximum Gasteiger partial charge on any atom is 0.249 e. The van der Waals surface area contributed by atoms with Crippen molar-refractivity contribution in [3.8, 4) is 0 Å². The van der Waals surface area contributed by atoms with Gasteiger partial charge in [0.2, 0.25) is 15.9 Å².